The first-order valence-electron chi connectivity index (χ1n) is 8.00. The molecule has 0 unspecified atom stereocenters. The number of hydrogen-bond acceptors (Lipinski definition) is 4. The molecule has 7 nitrogen and oxygen atoms in total. The van der Waals surface area contributed by atoms with Gasteiger partial charge in [-0.1, -0.05) is 54.1 Å². The molecule has 1 aromatic heterocycles. The molecule has 0 bridgehead atoms. The average molecular weight is 364 g/mol. The minimum Gasteiger partial charge on any atom is -0.478 e. The van der Waals surface area contributed by atoms with Crippen molar-refractivity contribution in [2.45, 2.75) is 6.92 Å². The molecule has 0 radical (unpaired) electrons. The van der Waals surface area contributed by atoms with Crippen molar-refractivity contribution < 1.29 is 19.8 Å². The smallest absolute Gasteiger partial charge is 0.342 e. The van der Waals surface area contributed by atoms with Crippen molar-refractivity contribution in [3.8, 4) is 22.3 Å². The number of nitrogens with one attached hydrogen (secondary N) is 1. The number of aryl methyl sites for hydroxylation is 1. The third-order valence-corrected chi connectivity index (χ3v) is 4.23. The van der Waals surface area contributed by atoms with Gasteiger partial charge >= 0.3 is 11.9 Å². The third-order valence-electron chi connectivity index (χ3n) is 4.23. The van der Waals surface area contributed by atoms with E-state index in [1.807, 2.05) is 31.2 Å². The maximum atomic E-state index is 12.2. The summed E-state index contributed by atoms with van der Waals surface area (Å²) < 4.78 is 0. The molecule has 0 saturated carbocycles. The van der Waals surface area contributed by atoms with Crippen LogP contribution in [0.3, 0.4) is 0 Å². The van der Waals surface area contributed by atoms with Gasteiger partial charge in [-0.15, -0.1) is 0 Å². The zero-order chi connectivity index (χ0) is 19.7. The summed E-state index contributed by atoms with van der Waals surface area (Å²) in [7, 11) is 0. The van der Waals surface area contributed by atoms with E-state index in [2.05, 4.69) is 4.98 Å². The molecule has 1 heterocycles. The number of aromatic carboxylic acids is 2. The summed E-state index contributed by atoms with van der Waals surface area (Å²) in [6.07, 6.45) is 0. The third kappa shape index (κ3) is 3.18. The maximum Gasteiger partial charge on any atom is 0.342 e. The summed E-state index contributed by atoms with van der Waals surface area (Å²) in [5.41, 5.74) is 6.10. The number of nitrogens with two attached hydrogens (primary N) is 1. The molecule has 0 aliphatic heterocycles. The van der Waals surface area contributed by atoms with Crippen LogP contribution >= 0.6 is 0 Å². The lowest BCUT2D eigenvalue weighted by atomic mass is 9.89. The number of aromatic nitrogens is 1. The Hall–Kier alpha value is -3.87. The van der Waals surface area contributed by atoms with Crippen LogP contribution in [-0.4, -0.2) is 27.1 Å². The highest BCUT2D eigenvalue weighted by Gasteiger charge is 2.27. The van der Waals surface area contributed by atoms with Crippen molar-refractivity contribution in [1.29, 1.82) is 0 Å². The lowest BCUT2D eigenvalue weighted by molar-refractivity contribution is 0.0695. The van der Waals surface area contributed by atoms with E-state index in [1.165, 1.54) is 0 Å². The molecule has 0 aliphatic carbocycles. The van der Waals surface area contributed by atoms with Gasteiger partial charge in [-0.05, 0) is 23.6 Å². The van der Waals surface area contributed by atoms with Crippen LogP contribution in [-0.2, 0) is 0 Å². The molecule has 0 aliphatic rings. The van der Waals surface area contributed by atoms with Gasteiger partial charge in [0.25, 0.3) is 5.56 Å². The van der Waals surface area contributed by atoms with Crippen molar-refractivity contribution in [3.05, 3.63) is 75.6 Å². The van der Waals surface area contributed by atoms with Gasteiger partial charge in [-0.2, -0.15) is 0 Å². The second-order valence-electron chi connectivity index (χ2n) is 6.01. The Morgan fingerprint density at radius 3 is 2.00 bits per heavy atom. The van der Waals surface area contributed by atoms with Crippen LogP contribution < -0.4 is 11.3 Å². The molecule has 0 saturated heterocycles. The van der Waals surface area contributed by atoms with Gasteiger partial charge < -0.3 is 20.9 Å². The zero-order valence-corrected chi connectivity index (χ0v) is 14.3. The van der Waals surface area contributed by atoms with Gasteiger partial charge in [0.2, 0.25) is 0 Å². The van der Waals surface area contributed by atoms with Gasteiger partial charge in [0.05, 0.1) is 0 Å². The number of carboxylic acid groups (broad SMARTS) is 2. The molecule has 27 heavy (non-hydrogen) atoms. The van der Waals surface area contributed by atoms with E-state index in [0.29, 0.717) is 11.1 Å². The Morgan fingerprint density at radius 2 is 1.44 bits per heavy atom. The van der Waals surface area contributed by atoms with E-state index in [0.717, 1.165) is 11.1 Å². The van der Waals surface area contributed by atoms with E-state index >= 15 is 0 Å². The lowest BCUT2D eigenvalue weighted by Gasteiger charge is -2.16. The van der Waals surface area contributed by atoms with Crippen molar-refractivity contribution >= 4 is 17.8 Å². The number of aromatic amines is 1. The second-order valence-corrected chi connectivity index (χ2v) is 6.01. The van der Waals surface area contributed by atoms with Crippen LogP contribution in [0.25, 0.3) is 22.3 Å². The summed E-state index contributed by atoms with van der Waals surface area (Å²) in [5, 5.41) is 19.2. The van der Waals surface area contributed by atoms with E-state index in [1.54, 1.807) is 24.3 Å². The summed E-state index contributed by atoms with van der Waals surface area (Å²) in [5.74, 6) is -3.36. The molecule has 0 spiro atoms. The fourth-order valence-corrected chi connectivity index (χ4v) is 3.00. The van der Waals surface area contributed by atoms with Gasteiger partial charge in [-0.25, -0.2) is 9.59 Å². The van der Waals surface area contributed by atoms with Crippen LogP contribution in [0.15, 0.2) is 53.3 Å². The highest BCUT2D eigenvalue weighted by Crippen LogP contribution is 2.36. The average Bonchev–Trinajstić information content (AvgIpc) is 2.61. The predicted molar refractivity (Wildman–Crippen MR) is 101 cm³/mol. The summed E-state index contributed by atoms with van der Waals surface area (Å²) >= 11 is 0. The number of hydrogen-bond donors (Lipinski definition) is 4. The zero-order valence-electron chi connectivity index (χ0n) is 14.3. The van der Waals surface area contributed by atoms with Gasteiger partial charge in [0.1, 0.15) is 16.9 Å². The van der Waals surface area contributed by atoms with Crippen LogP contribution in [0.5, 0.6) is 0 Å². The molecule has 7 heteroatoms. The van der Waals surface area contributed by atoms with E-state index in [4.69, 9.17) is 5.73 Å². The molecule has 3 rings (SSSR count). The van der Waals surface area contributed by atoms with E-state index in [-0.39, 0.29) is 5.56 Å². The Kier molecular flexibility index (Phi) is 4.51. The number of H-pyrrole nitrogens is 1. The minimum absolute atomic E-state index is 0.215. The van der Waals surface area contributed by atoms with Crippen LogP contribution in [0.1, 0.15) is 26.3 Å². The second kappa shape index (κ2) is 6.80. The number of rotatable bonds is 4. The van der Waals surface area contributed by atoms with Crippen molar-refractivity contribution in [2.24, 2.45) is 0 Å². The normalized spacial score (nSPS) is 10.6. The Morgan fingerprint density at radius 1 is 0.889 bits per heavy atom. The molecule has 0 amide bonds. The van der Waals surface area contributed by atoms with Crippen LogP contribution in [0.4, 0.5) is 5.82 Å². The molecule has 5 N–H and O–H groups in total. The van der Waals surface area contributed by atoms with Crippen molar-refractivity contribution in [3.63, 3.8) is 0 Å². The number of benzene rings is 2. The topological polar surface area (TPSA) is 133 Å². The largest absolute Gasteiger partial charge is 0.478 e. The first-order valence-corrected chi connectivity index (χ1v) is 8.00. The summed E-state index contributed by atoms with van der Waals surface area (Å²) in [6, 6.07) is 14.1. The highest BCUT2D eigenvalue weighted by molar-refractivity contribution is 6.09. The quantitative estimate of drug-likeness (QED) is 0.562. The summed E-state index contributed by atoms with van der Waals surface area (Å²) in [4.78, 5) is 37.9. The highest BCUT2D eigenvalue weighted by atomic mass is 16.4. The predicted octanol–water partition coefficient (Wildman–Crippen LogP) is 3.00. The number of carbonyl (C=O) groups is 2. The van der Waals surface area contributed by atoms with Crippen molar-refractivity contribution in [2.75, 3.05) is 5.73 Å². The fraction of sp³-hybridized carbons (Fsp3) is 0.0500. The van der Waals surface area contributed by atoms with Crippen LogP contribution in [0, 0.1) is 6.92 Å². The van der Waals surface area contributed by atoms with Gasteiger partial charge in [0, 0.05) is 5.56 Å². The van der Waals surface area contributed by atoms with E-state index in [9.17, 15) is 24.6 Å². The molecule has 3 aromatic rings. The van der Waals surface area contributed by atoms with Gasteiger partial charge in [-0.3, -0.25) is 4.79 Å². The standard InChI is InChI=1S/C20H16N2O5/c1-10-6-8-11(9-7-10)12-4-2-3-5-13(12)14-15(19(24)25)17(21)22-18(23)16(14)20(26)27/h2-9H,1H3,(H,24,25)(H,26,27)(H3,21,22,23). The van der Waals surface area contributed by atoms with Crippen LogP contribution in [0.2, 0.25) is 0 Å². The molecular weight excluding hydrogens is 348 g/mol. The molecule has 2 aromatic carbocycles. The first-order chi connectivity index (χ1) is 12.8. The maximum absolute atomic E-state index is 12.2. The number of carboxylic acids is 2. The minimum atomic E-state index is -1.53. The van der Waals surface area contributed by atoms with E-state index < -0.39 is 34.4 Å². The summed E-state index contributed by atoms with van der Waals surface area (Å²) in [6.45, 7) is 1.93. The molecule has 0 fully saturated rings. The molecule has 0 atom stereocenters. The van der Waals surface area contributed by atoms with Crippen molar-refractivity contribution in [1.82, 2.24) is 4.98 Å². The first kappa shape index (κ1) is 17.9. The number of pyridine rings is 1. The lowest BCUT2D eigenvalue weighted by Crippen LogP contribution is -2.24. The number of anilines is 1. The van der Waals surface area contributed by atoms with Gasteiger partial charge in [0.15, 0.2) is 0 Å². The number of nitrogen functional groups attached to an aromatic ring is 1. The SMILES string of the molecule is Cc1ccc(-c2ccccc2-c2c(C(=O)O)c(N)[nH]c(=O)c2C(=O)O)cc1. The Balaban J connectivity index is 2.45. The monoisotopic (exact) mass is 364 g/mol. The molecule has 136 valence electrons. The Labute approximate surface area is 153 Å². The fourth-order valence-electron chi connectivity index (χ4n) is 3.00. The Bertz CT molecular complexity index is 1110. The molecular formula is C20H16N2O5.